The molecule has 0 bridgehead atoms. The molecule has 1 fully saturated rings. The highest BCUT2D eigenvalue weighted by molar-refractivity contribution is 5.94. The summed E-state index contributed by atoms with van der Waals surface area (Å²) >= 11 is 0. The molecule has 2 aliphatic rings. The molecule has 7 heteroatoms. The van der Waals surface area contributed by atoms with Gasteiger partial charge in [-0.3, -0.25) is 14.7 Å². The minimum atomic E-state index is -0.290. The van der Waals surface area contributed by atoms with Gasteiger partial charge in [0.05, 0.1) is 11.1 Å². The van der Waals surface area contributed by atoms with Crippen molar-refractivity contribution in [1.82, 2.24) is 14.8 Å². The van der Waals surface area contributed by atoms with Crippen molar-refractivity contribution < 1.29 is 14.3 Å². The van der Waals surface area contributed by atoms with Crippen LogP contribution in [0.3, 0.4) is 0 Å². The molecule has 0 aliphatic carbocycles. The van der Waals surface area contributed by atoms with Crippen LogP contribution in [-0.2, 0) is 9.53 Å². The maximum absolute atomic E-state index is 12.9. The van der Waals surface area contributed by atoms with Crippen molar-refractivity contribution in [3.8, 4) is 12.3 Å². The minimum absolute atomic E-state index is 0.00530. The van der Waals surface area contributed by atoms with Gasteiger partial charge >= 0.3 is 5.97 Å². The zero-order chi connectivity index (χ0) is 24.8. The number of ether oxygens (including phenoxy) is 1. The number of benzene rings is 1. The number of carbonyl (C=O) groups is 2. The van der Waals surface area contributed by atoms with Gasteiger partial charge in [-0.1, -0.05) is 12.0 Å². The van der Waals surface area contributed by atoms with Crippen LogP contribution in [0.1, 0.15) is 36.2 Å². The van der Waals surface area contributed by atoms with Crippen LogP contribution in [0.25, 0.3) is 0 Å². The summed E-state index contributed by atoms with van der Waals surface area (Å²) in [6.45, 7) is 7.70. The van der Waals surface area contributed by atoms with Crippen molar-refractivity contribution in [1.29, 1.82) is 0 Å². The highest BCUT2D eigenvalue weighted by atomic mass is 16.5. The number of anilines is 1. The number of aromatic nitrogens is 1. The maximum Gasteiger partial charge on any atom is 0.336 e. The quantitative estimate of drug-likeness (QED) is 0.476. The Labute approximate surface area is 206 Å². The SMILES string of the molecule is C#Cc1ccc(N2C(C)=CCC(C(=O)OCCN3CCN(C(=O)c4cccnc4)CC3)=C2C)cc1. The van der Waals surface area contributed by atoms with Crippen LogP contribution in [0, 0.1) is 12.3 Å². The van der Waals surface area contributed by atoms with Crippen LogP contribution in [0.2, 0.25) is 0 Å². The molecular formula is C28H30N4O3. The molecule has 0 radical (unpaired) electrons. The highest BCUT2D eigenvalue weighted by Crippen LogP contribution is 2.31. The summed E-state index contributed by atoms with van der Waals surface area (Å²) in [6, 6.07) is 11.3. The Bertz CT molecular complexity index is 1170. The molecule has 35 heavy (non-hydrogen) atoms. The van der Waals surface area contributed by atoms with Crippen LogP contribution in [0.4, 0.5) is 5.69 Å². The molecule has 1 aromatic carbocycles. The molecular weight excluding hydrogens is 440 g/mol. The monoisotopic (exact) mass is 470 g/mol. The second-order valence-electron chi connectivity index (χ2n) is 8.65. The first-order valence-corrected chi connectivity index (χ1v) is 11.8. The van der Waals surface area contributed by atoms with Crippen LogP contribution in [0.5, 0.6) is 0 Å². The number of carbonyl (C=O) groups excluding carboxylic acids is 2. The molecule has 4 rings (SSSR count). The van der Waals surface area contributed by atoms with E-state index in [2.05, 4.69) is 20.7 Å². The molecule has 0 unspecified atom stereocenters. The first kappa shape index (κ1) is 24.2. The molecule has 1 aromatic heterocycles. The van der Waals surface area contributed by atoms with E-state index in [0.717, 1.165) is 35.7 Å². The Balaban J connectivity index is 1.29. The largest absolute Gasteiger partial charge is 0.461 e. The second kappa shape index (κ2) is 11.0. The fourth-order valence-electron chi connectivity index (χ4n) is 4.42. The number of pyridine rings is 1. The summed E-state index contributed by atoms with van der Waals surface area (Å²) in [4.78, 5) is 35.6. The predicted octanol–water partition coefficient (Wildman–Crippen LogP) is 3.45. The summed E-state index contributed by atoms with van der Waals surface area (Å²) in [7, 11) is 0. The molecule has 0 spiro atoms. The summed E-state index contributed by atoms with van der Waals surface area (Å²) < 4.78 is 5.64. The number of hydrogen-bond donors (Lipinski definition) is 0. The smallest absolute Gasteiger partial charge is 0.336 e. The molecule has 3 heterocycles. The Hall–Kier alpha value is -3.89. The van der Waals surface area contributed by atoms with Gasteiger partial charge in [0.1, 0.15) is 6.61 Å². The first-order chi connectivity index (χ1) is 17.0. The summed E-state index contributed by atoms with van der Waals surface area (Å²) in [5, 5.41) is 0. The van der Waals surface area contributed by atoms with Gasteiger partial charge in [0.15, 0.2) is 0 Å². The highest BCUT2D eigenvalue weighted by Gasteiger charge is 2.25. The summed E-state index contributed by atoms with van der Waals surface area (Å²) in [5.41, 5.74) is 4.96. The Kier molecular flexibility index (Phi) is 7.64. The number of piperazine rings is 1. The molecule has 2 aromatic rings. The number of terminal acetylenes is 1. The van der Waals surface area contributed by atoms with Crippen molar-refractivity contribution in [2.45, 2.75) is 20.3 Å². The van der Waals surface area contributed by atoms with E-state index >= 15 is 0 Å². The van der Waals surface area contributed by atoms with E-state index in [4.69, 9.17) is 11.2 Å². The zero-order valence-electron chi connectivity index (χ0n) is 20.2. The van der Waals surface area contributed by atoms with Gasteiger partial charge in [-0.25, -0.2) is 4.79 Å². The van der Waals surface area contributed by atoms with Crippen molar-refractivity contribution >= 4 is 17.6 Å². The average molecular weight is 471 g/mol. The Morgan fingerprint density at radius 3 is 2.49 bits per heavy atom. The van der Waals surface area contributed by atoms with Gasteiger partial charge in [-0.2, -0.15) is 0 Å². The summed E-state index contributed by atoms with van der Waals surface area (Å²) in [5.74, 6) is 2.34. The van der Waals surface area contributed by atoms with Gasteiger partial charge in [0, 0.05) is 74.2 Å². The number of rotatable bonds is 6. The van der Waals surface area contributed by atoms with E-state index in [1.807, 2.05) is 49.1 Å². The molecule has 1 amide bonds. The predicted molar refractivity (Wildman–Crippen MR) is 135 cm³/mol. The number of allylic oxidation sites excluding steroid dienone is 3. The van der Waals surface area contributed by atoms with E-state index in [1.165, 1.54) is 0 Å². The maximum atomic E-state index is 12.9. The molecule has 0 atom stereocenters. The van der Waals surface area contributed by atoms with Crippen LogP contribution in [-0.4, -0.2) is 66.0 Å². The van der Waals surface area contributed by atoms with E-state index in [9.17, 15) is 9.59 Å². The number of amides is 1. The van der Waals surface area contributed by atoms with Gasteiger partial charge in [0.2, 0.25) is 0 Å². The van der Waals surface area contributed by atoms with E-state index in [1.54, 1.807) is 24.5 Å². The van der Waals surface area contributed by atoms with Crippen molar-refractivity contribution in [3.63, 3.8) is 0 Å². The van der Waals surface area contributed by atoms with Crippen LogP contribution in [0.15, 0.2) is 71.8 Å². The third-order valence-corrected chi connectivity index (χ3v) is 6.47. The van der Waals surface area contributed by atoms with Gasteiger partial charge in [0.25, 0.3) is 5.91 Å². The third-order valence-electron chi connectivity index (χ3n) is 6.47. The van der Waals surface area contributed by atoms with Crippen LogP contribution < -0.4 is 4.90 Å². The summed E-state index contributed by atoms with van der Waals surface area (Å²) in [6.07, 6.45) is 11.3. The van der Waals surface area contributed by atoms with Gasteiger partial charge in [-0.15, -0.1) is 6.42 Å². The lowest BCUT2D eigenvalue weighted by Gasteiger charge is -2.34. The number of hydrogen-bond acceptors (Lipinski definition) is 6. The van der Waals surface area contributed by atoms with Gasteiger partial charge < -0.3 is 14.5 Å². The van der Waals surface area contributed by atoms with Crippen LogP contribution >= 0.6 is 0 Å². The normalized spacial score (nSPS) is 16.5. The number of esters is 1. The molecule has 1 saturated heterocycles. The van der Waals surface area contributed by atoms with E-state index in [0.29, 0.717) is 43.8 Å². The number of nitrogens with zero attached hydrogens (tertiary/aromatic N) is 4. The van der Waals surface area contributed by atoms with Crippen molar-refractivity contribution in [2.75, 3.05) is 44.2 Å². The molecule has 0 saturated carbocycles. The Morgan fingerprint density at radius 2 is 1.83 bits per heavy atom. The average Bonchev–Trinajstić information content (AvgIpc) is 2.89. The lowest BCUT2D eigenvalue weighted by atomic mass is 10.0. The van der Waals surface area contributed by atoms with Crippen molar-refractivity contribution in [3.05, 3.63) is 83.0 Å². The lowest BCUT2D eigenvalue weighted by molar-refractivity contribution is -0.139. The van der Waals surface area contributed by atoms with Crippen molar-refractivity contribution in [2.24, 2.45) is 0 Å². The van der Waals surface area contributed by atoms with Gasteiger partial charge in [-0.05, 0) is 50.2 Å². The fourth-order valence-corrected chi connectivity index (χ4v) is 4.42. The minimum Gasteiger partial charge on any atom is -0.461 e. The topological polar surface area (TPSA) is 66.0 Å². The third kappa shape index (κ3) is 5.61. The molecule has 0 N–H and O–H groups in total. The van der Waals surface area contributed by atoms with E-state index in [-0.39, 0.29) is 11.9 Å². The first-order valence-electron chi connectivity index (χ1n) is 11.8. The molecule has 180 valence electrons. The van der Waals surface area contributed by atoms with E-state index < -0.39 is 0 Å². The molecule has 2 aliphatic heterocycles. The standard InChI is InChI=1S/C28H30N4O3/c1-4-23-8-10-25(11-9-23)32-21(2)7-12-26(22(32)3)28(34)35-19-18-30-14-16-31(17-15-30)27(33)24-6-5-13-29-20-24/h1,5-11,13,20H,12,14-19H2,2-3H3. The zero-order valence-corrected chi connectivity index (χ0v) is 20.2. The Morgan fingerprint density at radius 1 is 1.09 bits per heavy atom. The molecule has 7 nitrogen and oxygen atoms in total. The fraction of sp³-hybridized carbons (Fsp3) is 0.321. The second-order valence-corrected chi connectivity index (χ2v) is 8.65. The lowest BCUT2D eigenvalue weighted by Crippen LogP contribution is -2.49.